The number of rotatable bonds is 9. The molecule has 0 fully saturated rings. The van der Waals surface area contributed by atoms with E-state index in [2.05, 4.69) is 41.8 Å². The molecule has 1 atom stereocenters. The number of thiophene rings is 1. The quantitative estimate of drug-likeness (QED) is 0.381. The van der Waals surface area contributed by atoms with Crippen LogP contribution in [-0.4, -0.2) is 30.3 Å². The number of aryl methyl sites for hydroxylation is 1. The van der Waals surface area contributed by atoms with Gasteiger partial charge in [-0.2, -0.15) is 0 Å². The zero-order chi connectivity index (χ0) is 23.0. The maximum atomic E-state index is 12.5. The molecule has 0 bridgehead atoms. The molecule has 8 heteroatoms. The Bertz CT molecular complexity index is 922. The summed E-state index contributed by atoms with van der Waals surface area (Å²) in [4.78, 5) is 25.2. The minimum Gasteiger partial charge on any atom is -0.462 e. The van der Waals surface area contributed by atoms with Crippen LogP contribution >= 0.6 is 23.6 Å². The van der Waals surface area contributed by atoms with Crippen LogP contribution in [0.25, 0.3) is 0 Å². The summed E-state index contributed by atoms with van der Waals surface area (Å²) in [7, 11) is 0. The molecule has 2 rings (SSSR count). The lowest BCUT2D eigenvalue weighted by atomic mass is 10.0. The van der Waals surface area contributed by atoms with Crippen LogP contribution in [0, 0.1) is 6.92 Å². The molecular formula is C23H30N2O4S2. The number of hydrogen-bond acceptors (Lipinski definition) is 6. The van der Waals surface area contributed by atoms with E-state index >= 15 is 0 Å². The van der Waals surface area contributed by atoms with Crippen LogP contribution in [0.2, 0.25) is 0 Å². The molecule has 0 saturated heterocycles. The van der Waals surface area contributed by atoms with Gasteiger partial charge >= 0.3 is 11.9 Å². The fraction of sp³-hybridized carbons (Fsp3) is 0.435. The zero-order valence-corrected chi connectivity index (χ0v) is 20.3. The molecule has 168 valence electrons. The number of hydrogen-bond donors (Lipinski definition) is 2. The van der Waals surface area contributed by atoms with Gasteiger partial charge in [-0.3, -0.25) is 0 Å². The summed E-state index contributed by atoms with van der Waals surface area (Å²) in [6, 6.07) is 8.39. The van der Waals surface area contributed by atoms with Gasteiger partial charge in [0, 0.05) is 0 Å². The fourth-order valence-corrected chi connectivity index (χ4v) is 4.56. The molecule has 0 aliphatic heterocycles. The van der Waals surface area contributed by atoms with Crippen LogP contribution in [0.3, 0.4) is 0 Å². The predicted molar refractivity (Wildman–Crippen MR) is 129 cm³/mol. The van der Waals surface area contributed by atoms with Gasteiger partial charge in [-0.25, -0.2) is 9.59 Å². The van der Waals surface area contributed by atoms with Crippen molar-refractivity contribution in [3.05, 3.63) is 51.4 Å². The second kappa shape index (κ2) is 11.8. The maximum absolute atomic E-state index is 12.5. The highest BCUT2D eigenvalue weighted by atomic mass is 32.1. The summed E-state index contributed by atoms with van der Waals surface area (Å²) in [6.45, 7) is 9.83. The highest BCUT2D eigenvalue weighted by Gasteiger charge is 2.27. The van der Waals surface area contributed by atoms with Crippen LogP contribution in [-0.2, 0) is 15.9 Å². The van der Waals surface area contributed by atoms with Gasteiger partial charge < -0.3 is 20.1 Å². The molecule has 31 heavy (non-hydrogen) atoms. The first kappa shape index (κ1) is 24.8. The highest BCUT2D eigenvalue weighted by Crippen LogP contribution is 2.34. The van der Waals surface area contributed by atoms with E-state index in [0.29, 0.717) is 26.1 Å². The Hall–Kier alpha value is -2.45. The lowest BCUT2D eigenvalue weighted by molar-refractivity contribution is 0.0527. The largest absolute Gasteiger partial charge is 0.462 e. The lowest BCUT2D eigenvalue weighted by Gasteiger charge is -2.18. The van der Waals surface area contributed by atoms with Crippen molar-refractivity contribution >= 4 is 45.6 Å². The van der Waals surface area contributed by atoms with Gasteiger partial charge in [0.05, 0.1) is 24.8 Å². The van der Waals surface area contributed by atoms with Crippen molar-refractivity contribution in [3.8, 4) is 0 Å². The molecule has 6 nitrogen and oxygen atoms in total. The Morgan fingerprint density at radius 2 is 1.68 bits per heavy atom. The zero-order valence-electron chi connectivity index (χ0n) is 18.7. The van der Waals surface area contributed by atoms with Crippen LogP contribution in [0.15, 0.2) is 24.3 Å². The Kier molecular flexibility index (Phi) is 9.45. The Labute approximate surface area is 193 Å². The van der Waals surface area contributed by atoms with Crippen molar-refractivity contribution in [1.82, 2.24) is 5.32 Å². The molecule has 0 amide bonds. The molecule has 0 aliphatic carbocycles. The van der Waals surface area contributed by atoms with E-state index in [9.17, 15) is 9.59 Å². The highest BCUT2D eigenvalue weighted by molar-refractivity contribution is 7.80. The molecule has 0 aliphatic rings. The van der Waals surface area contributed by atoms with Crippen LogP contribution in [0.5, 0.6) is 0 Å². The molecule has 1 heterocycles. The summed E-state index contributed by atoms with van der Waals surface area (Å²) < 4.78 is 10.3. The maximum Gasteiger partial charge on any atom is 0.348 e. The van der Waals surface area contributed by atoms with E-state index < -0.39 is 11.9 Å². The number of anilines is 1. The SMILES string of the molecule is CCCc1ccc(C(C)NC(=S)Nc2sc(C(=O)OCC)c(C)c2C(=O)OCC)cc1. The summed E-state index contributed by atoms with van der Waals surface area (Å²) in [5.74, 6) is -0.973. The average Bonchev–Trinajstić information content (AvgIpc) is 3.04. The van der Waals surface area contributed by atoms with Crippen molar-refractivity contribution in [3.63, 3.8) is 0 Å². The Balaban J connectivity index is 2.19. The van der Waals surface area contributed by atoms with E-state index in [-0.39, 0.29) is 19.3 Å². The first-order chi connectivity index (χ1) is 14.8. The fourth-order valence-electron chi connectivity index (χ4n) is 3.12. The van der Waals surface area contributed by atoms with Gasteiger partial charge in [-0.15, -0.1) is 11.3 Å². The Morgan fingerprint density at radius 1 is 1.06 bits per heavy atom. The van der Waals surface area contributed by atoms with Crippen LogP contribution in [0.4, 0.5) is 5.00 Å². The standard InChI is InChI=1S/C23H30N2O4S2/c1-6-9-16-10-12-17(13-11-16)15(5)24-23(30)25-20-18(21(26)28-7-2)14(4)19(31-20)22(27)29-8-3/h10-13,15H,6-9H2,1-5H3,(H2,24,25,30). The van der Waals surface area contributed by atoms with Gasteiger partial charge in [0.25, 0.3) is 0 Å². The molecule has 2 N–H and O–H groups in total. The molecule has 1 aromatic carbocycles. The normalized spacial score (nSPS) is 11.5. The van der Waals surface area contributed by atoms with Gasteiger partial charge in [-0.1, -0.05) is 37.6 Å². The smallest absolute Gasteiger partial charge is 0.348 e. The van der Waals surface area contributed by atoms with E-state index in [1.165, 1.54) is 5.56 Å². The third kappa shape index (κ3) is 6.51. The summed E-state index contributed by atoms with van der Waals surface area (Å²) in [5, 5.41) is 7.12. The monoisotopic (exact) mass is 462 g/mol. The van der Waals surface area contributed by atoms with E-state index in [1.54, 1.807) is 20.8 Å². The van der Waals surface area contributed by atoms with E-state index in [4.69, 9.17) is 21.7 Å². The molecule has 0 spiro atoms. The Morgan fingerprint density at radius 3 is 2.26 bits per heavy atom. The van der Waals surface area contributed by atoms with Crippen molar-refractivity contribution in [1.29, 1.82) is 0 Å². The number of thiocarbonyl (C=S) groups is 1. The molecular weight excluding hydrogens is 432 g/mol. The molecule has 1 aromatic heterocycles. The van der Waals surface area contributed by atoms with Crippen molar-refractivity contribution < 1.29 is 19.1 Å². The third-order valence-corrected chi connectivity index (χ3v) is 6.09. The number of nitrogens with one attached hydrogen (secondary N) is 2. The van der Waals surface area contributed by atoms with Gasteiger partial charge in [0.2, 0.25) is 0 Å². The second-order valence-electron chi connectivity index (χ2n) is 7.01. The summed E-state index contributed by atoms with van der Waals surface area (Å²) in [5.41, 5.74) is 3.23. The number of carbonyl (C=O) groups is 2. The van der Waals surface area contributed by atoms with Crippen LogP contribution < -0.4 is 10.6 Å². The van der Waals surface area contributed by atoms with Crippen LogP contribution in [0.1, 0.15) is 76.9 Å². The van der Waals surface area contributed by atoms with Crippen molar-refractivity contribution in [2.24, 2.45) is 0 Å². The number of esters is 2. The first-order valence-corrected chi connectivity index (χ1v) is 11.7. The third-order valence-electron chi connectivity index (χ3n) is 4.68. The average molecular weight is 463 g/mol. The molecule has 0 radical (unpaired) electrons. The first-order valence-electron chi connectivity index (χ1n) is 10.5. The summed E-state index contributed by atoms with van der Waals surface area (Å²) >= 11 is 6.61. The number of benzene rings is 1. The number of ether oxygens (including phenoxy) is 2. The predicted octanol–water partition coefficient (Wildman–Crippen LogP) is 5.41. The summed E-state index contributed by atoms with van der Waals surface area (Å²) in [6.07, 6.45) is 2.16. The van der Waals surface area contributed by atoms with Crippen molar-refractivity contribution in [2.75, 3.05) is 18.5 Å². The van der Waals surface area contributed by atoms with Gasteiger partial charge in [0.15, 0.2) is 5.11 Å². The van der Waals surface area contributed by atoms with E-state index in [1.807, 2.05) is 6.92 Å². The number of carbonyl (C=O) groups excluding carboxylic acids is 2. The van der Waals surface area contributed by atoms with Gasteiger partial charge in [0.1, 0.15) is 9.88 Å². The molecule has 1 unspecified atom stereocenters. The topological polar surface area (TPSA) is 76.7 Å². The minimum atomic E-state index is -0.503. The lowest BCUT2D eigenvalue weighted by Crippen LogP contribution is -2.31. The van der Waals surface area contributed by atoms with Crippen molar-refractivity contribution in [2.45, 2.75) is 53.5 Å². The molecule has 0 saturated carbocycles. The van der Waals surface area contributed by atoms with E-state index in [0.717, 1.165) is 29.7 Å². The molecule has 2 aromatic rings. The minimum absolute atomic E-state index is 0.0349. The second-order valence-corrected chi connectivity index (χ2v) is 8.44. The van der Waals surface area contributed by atoms with Gasteiger partial charge in [-0.05, 0) is 63.0 Å².